The first-order chi connectivity index (χ1) is 12.3. The van der Waals surface area contributed by atoms with E-state index < -0.39 is 15.9 Å². The van der Waals surface area contributed by atoms with E-state index in [9.17, 15) is 13.2 Å². The predicted molar refractivity (Wildman–Crippen MR) is 95.7 cm³/mol. The van der Waals surface area contributed by atoms with Crippen LogP contribution in [-0.2, 0) is 14.6 Å². The second kappa shape index (κ2) is 7.25. The van der Waals surface area contributed by atoms with Gasteiger partial charge in [-0.05, 0) is 43.3 Å². The molecule has 0 radical (unpaired) electrons. The van der Waals surface area contributed by atoms with Gasteiger partial charge in [0.1, 0.15) is 19.0 Å². The average molecular weight is 377 g/mol. The van der Waals surface area contributed by atoms with Crippen LogP contribution < -0.4 is 19.5 Å². The van der Waals surface area contributed by atoms with E-state index in [2.05, 4.69) is 5.32 Å². The normalized spacial score (nSPS) is 14.4. The molecule has 1 N–H and O–H groups in total. The lowest BCUT2D eigenvalue weighted by molar-refractivity contribution is -0.122. The van der Waals surface area contributed by atoms with Gasteiger partial charge in [-0.25, -0.2) is 8.42 Å². The number of fused-ring (bicyclic) bond motifs is 1. The van der Waals surface area contributed by atoms with E-state index in [1.54, 1.807) is 25.1 Å². The molecule has 1 aliphatic heterocycles. The Morgan fingerprint density at radius 2 is 1.73 bits per heavy atom. The second-order valence-electron chi connectivity index (χ2n) is 5.85. The average Bonchev–Trinajstić information content (AvgIpc) is 2.61. The molecule has 3 rings (SSSR count). The van der Waals surface area contributed by atoms with Gasteiger partial charge < -0.3 is 19.5 Å². The molecule has 7 nitrogen and oxygen atoms in total. The molecule has 1 aliphatic rings. The first-order valence-corrected chi connectivity index (χ1v) is 9.89. The van der Waals surface area contributed by atoms with Crippen molar-refractivity contribution in [2.24, 2.45) is 0 Å². The minimum absolute atomic E-state index is 0.193. The molecule has 0 bridgehead atoms. The molecule has 138 valence electrons. The Hall–Kier alpha value is -2.74. The van der Waals surface area contributed by atoms with E-state index in [1.165, 1.54) is 24.3 Å². The molecule has 0 aliphatic carbocycles. The van der Waals surface area contributed by atoms with E-state index in [-0.39, 0.29) is 10.8 Å². The minimum Gasteiger partial charge on any atom is -0.486 e. The fourth-order valence-electron chi connectivity index (χ4n) is 2.39. The van der Waals surface area contributed by atoms with Crippen LogP contribution in [0.25, 0.3) is 0 Å². The van der Waals surface area contributed by atoms with Gasteiger partial charge in [0.05, 0.1) is 4.90 Å². The third kappa shape index (κ3) is 4.26. The molecular formula is C18H19NO6S. The summed E-state index contributed by atoms with van der Waals surface area (Å²) in [6.45, 7) is 2.58. The van der Waals surface area contributed by atoms with Crippen molar-refractivity contribution in [2.45, 2.75) is 17.9 Å². The molecule has 0 fully saturated rings. The van der Waals surface area contributed by atoms with E-state index in [0.29, 0.717) is 36.1 Å². The number of ether oxygens (including phenoxy) is 3. The standard InChI is InChI=1S/C18H19NO6S/c1-12(25-14-4-6-15(7-5-14)26(2,21)22)18(20)19-13-3-8-16-17(11-13)24-10-9-23-16/h3-8,11-12H,9-10H2,1-2H3,(H,19,20). The van der Waals surface area contributed by atoms with Crippen molar-refractivity contribution in [1.82, 2.24) is 0 Å². The van der Waals surface area contributed by atoms with Crippen molar-refractivity contribution in [1.29, 1.82) is 0 Å². The number of sulfone groups is 1. The van der Waals surface area contributed by atoms with Crippen LogP contribution in [0.4, 0.5) is 5.69 Å². The number of hydrogen-bond acceptors (Lipinski definition) is 6. The Balaban J connectivity index is 1.63. The highest BCUT2D eigenvalue weighted by Crippen LogP contribution is 2.32. The van der Waals surface area contributed by atoms with Gasteiger partial charge >= 0.3 is 0 Å². The SMILES string of the molecule is CC(Oc1ccc(S(C)(=O)=O)cc1)C(=O)Nc1ccc2c(c1)OCCO2. The zero-order valence-corrected chi connectivity index (χ0v) is 15.2. The summed E-state index contributed by atoms with van der Waals surface area (Å²) in [7, 11) is -3.27. The maximum atomic E-state index is 12.3. The Morgan fingerprint density at radius 3 is 2.38 bits per heavy atom. The summed E-state index contributed by atoms with van der Waals surface area (Å²) >= 11 is 0. The van der Waals surface area contributed by atoms with Crippen molar-refractivity contribution in [2.75, 3.05) is 24.8 Å². The molecule has 1 amide bonds. The summed E-state index contributed by atoms with van der Waals surface area (Å²) < 4.78 is 39.4. The van der Waals surface area contributed by atoms with Gasteiger partial charge in [0, 0.05) is 18.0 Å². The van der Waals surface area contributed by atoms with Gasteiger partial charge in [0.25, 0.3) is 5.91 Å². The number of rotatable bonds is 5. The second-order valence-corrected chi connectivity index (χ2v) is 7.87. The van der Waals surface area contributed by atoms with Crippen LogP contribution in [0.3, 0.4) is 0 Å². The van der Waals surface area contributed by atoms with Gasteiger partial charge in [0.15, 0.2) is 27.4 Å². The summed E-state index contributed by atoms with van der Waals surface area (Å²) in [5.41, 5.74) is 0.571. The van der Waals surface area contributed by atoms with Crippen molar-refractivity contribution < 1.29 is 27.4 Å². The van der Waals surface area contributed by atoms with E-state index in [1.807, 2.05) is 0 Å². The van der Waals surface area contributed by atoms with Crippen LogP contribution in [0.2, 0.25) is 0 Å². The molecule has 0 saturated heterocycles. The highest BCUT2D eigenvalue weighted by Gasteiger charge is 2.17. The first kappa shape index (κ1) is 18.1. The molecule has 0 saturated carbocycles. The smallest absolute Gasteiger partial charge is 0.265 e. The first-order valence-electron chi connectivity index (χ1n) is 8.00. The molecule has 2 aromatic carbocycles. The van der Waals surface area contributed by atoms with Gasteiger partial charge in [-0.15, -0.1) is 0 Å². The number of hydrogen-bond donors (Lipinski definition) is 1. The molecular weight excluding hydrogens is 358 g/mol. The monoisotopic (exact) mass is 377 g/mol. The molecule has 1 atom stereocenters. The van der Waals surface area contributed by atoms with Crippen molar-refractivity contribution >= 4 is 21.4 Å². The van der Waals surface area contributed by atoms with Crippen LogP contribution in [0, 0.1) is 0 Å². The Labute approximate surface area is 151 Å². The quantitative estimate of drug-likeness (QED) is 0.860. The molecule has 8 heteroatoms. The Kier molecular flexibility index (Phi) is 5.03. The third-order valence-electron chi connectivity index (χ3n) is 3.74. The van der Waals surface area contributed by atoms with Crippen LogP contribution in [0.15, 0.2) is 47.4 Å². The summed E-state index contributed by atoms with van der Waals surface area (Å²) in [5.74, 6) is 1.29. The van der Waals surface area contributed by atoms with Crippen LogP contribution in [0.5, 0.6) is 17.2 Å². The molecule has 2 aromatic rings. The van der Waals surface area contributed by atoms with Gasteiger partial charge in [-0.1, -0.05) is 0 Å². The summed E-state index contributed by atoms with van der Waals surface area (Å²) in [6, 6.07) is 11.1. The molecule has 26 heavy (non-hydrogen) atoms. The van der Waals surface area contributed by atoms with E-state index >= 15 is 0 Å². The molecule has 0 aromatic heterocycles. The highest BCUT2D eigenvalue weighted by atomic mass is 32.2. The predicted octanol–water partition coefficient (Wildman–Crippen LogP) is 2.27. The molecule has 1 unspecified atom stereocenters. The zero-order chi connectivity index (χ0) is 18.7. The number of benzene rings is 2. The minimum atomic E-state index is -3.27. The van der Waals surface area contributed by atoms with Crippen LogP contribution >= 0.6 is 0 Å². The maximum Gasteiger partial charge on any atom is 0.265 e. The summed E-state index contributed by atoms with van der Waals surface area (Å²) in [4.78, 5) is 12.5. The lowest BCUT2D eigenvalue weighted by Gasteiger charge is -2.19. The van der Waals surface area contributed by atoms with E-state index in [0.717, 1.165) is 6.26 Å². The van der Waals surface area contributed by atoms with Crippen molar-refractivity contribution in [3.8, 4) is 17.2 Å². The Bertz CT molecular complexity index is 908. The van der Waals surface area contributed by atoms with Gasteiger partial charge in [-0.3, -0.25) is 4.79 Å². The fourth-order valence-corrected chi connectivity index (χ4v) is 3.02. The van der Waals surface area contributed by atoms with Crippen molar-refractivity contribution in [3.05, 3.63) is 42.5 Å². The largest absolute Gasteiger partial charge is 0.486 e. The number of carbonyl (C=O) groups excluding carboxylic acids is 1. The number of nitrogens with one attached hydrogen (secondary N) is 1. The van der Waals surface area contributed by atoms with Crippen LogP contribution in [-0.4, -0.2) is 39.9 Å². The van der Waals surface area contributed by atoms with Crippen molar-refractivity contribution in [3.63, 3.8) is 0 Å². The third-order valence-corrected chi connectivity index (χ3v) is 4.87. The Morgan fingerprint density at radius 1 is 1.08 bits per heavy atom. The van der Waals surface area contributed by atoms with Gasteiger partial charge in [-0.2, -0.15) is 0 Å². The highest BCUT2D eigenvalue weighted by molar-refractivity contribution is 7.90. The summed E-state index contributed by atoms with van der Waals surface area (Å²) in [5, 5.41) is 2.75. The fraction of sp³-hybridized carbons (Fsp3) is 0.278. The molecule has 1 heterocycles. The maximum absolute atomic E-state index is 12.3. The lowest BCUT2D eigenvalue weighted by atomic mass is 10.2. The summed E-state index contributed by atoms with van der Waals surface area (Å²) in [6.07, 6.45) is 0.360. The topological polar surface area (TPSA) is 90.9 Å². The van der Waals surface area contributed by atoms with E-state index in [4.69, 9.17) is 14.2 Å². The number of amides is 1. The van der Waals surface area contributed by atoms with Gasteiger partial charge in [0.2, 0.25) is 0 Å². The number of carbonyl (C=O) groups is 1. The molecule has 0 spiro atoms. The van der Waals surface area contributed by atoms with Crippen LogP contribution in [0.1, 0.15) is 6.92 Å². The number of anilines is 1. The zero-order valence-electron chi connectivity index (χ0n) is 14.4. The lowest BCUT2D eigenvalue weighted by Crippen LogP contribution is -2.30.